The summed E-state index contributed by atoms with van der Waals surface area (Å²) in [5.74, 6) is -0.358. The largest absolute Gasteiger partial charge is 0.349 e. The predicted octanol–water partition coefficient (Wildman–Crippen LogP) is 3.85. The lowest BCUT2D eigenvalue weighted by Gasteiger charge is -2.18. The molecule has 2 N–H and O–H groups in total. The summed E-state index contributed by atoms with van der Waals surface area (Å²) >= 11 is 6.06. The van der Waals surface area contributed by atoms with Gasteiger partial charge in [-0.25, -0.2) is 0 Å². The zero-order chi connectivity index (χ0) is 16.8. The number of rotatable bonds is 5. The van der Waals surface area contributed by atoms with Crippen molar-refractivity contribution in [3.8, 4) is 0 Å². The molecule has 0 aromatic heterocycles. The number of carbonyl (C=O) groups excluding carboxylic acids is 2. The maximum atomic E-state index is 12.3. The highest BCUT2D eigenvalue weighted by molar-refractivity contribution is 6.31. The number of anilines is 1. The molecule has 0 radical (unpaired) electrons. The van der Waals surface area contributed by atoms with Crippen LogP contribution in [0.2, 0.25) is 5.02 Å². The number of nitrogens with one attached hydrogen (secondary N) is 2. The molecule has 0 saturated heterocycles. The van der Waals surface area contributed by atoms with Crippen LogP contribution in [-0.4, -0.2) is 11.8 Å². The van der Waals surface area contributed by atoms with Crippen molar-refractivity contribution in [3.63, 3.8) is 0 Å². The van der Waals surface area contributed by atoms with Gasteiger partial charge in [0, 0.05) is 17.6 Å². The van der Waals surface area contributed by atoms with Crippen molar-refractivity contribution in [2.24, 2.45) is 0 Å². The summed E-state index contributed by atoms with van der Waals surface area (Å²) in [6.07, 6.45) is 0.148. The van der Waals surface area contributed by atoms with Crippen molar-refractivity contribution in [1.29, 1.82) is 0 Å². The third kappa shape index (κ3) is 4.83. The molecule has 0 fully saturated rings. The van der Waals surface area contributed by atoms with Crippen molar-refractivity contribution in [2.75, 3.05) is 5.32 Å². The normalized spacial score (nSPS) is 11.6. The van der Waals surface area contributed by atoms with Crippen LogP contribution in [0, 0.1) is 6.92 Å². The number of hydrogen-bond donors (Lipinski definition) is 2. The highest BCUT2D eigenvalue weighted by Gasteiger charge is 2.17. The third-order valence-electron chi connectivity index (χ3n) is 3.51. The Morgan fingerprint density at radius 2 is 1.78 bits per heavy atom. The van der Waals surface area contributed by atoms with E-state index in [2.05, 4.69) is 10.6 Å². The van der Waals surface area contributed by atoms with Crippen LogP contribution in [0.25, 0.3) is 0 Å². The Hall–Kier alpha value is -2.33. The van der Waals surface area contributed by atoms with E-state index in [0.29, 0.717) is 10.7 Å². The molecule has 2 rings (SSSR count). The fraction of sp³-hybridized carbons (Fsp3) is 0.222. The topological polar surface area (TPSA) is 58.2 Å². The fourth-order valence-electron chi connectivity index (χ4n) is 2.31. The minimum Gasteiger partial charge on any atom is -0.349 e. The van der Waals surface area contributed by atoms with Gasteiger partial charge in [-0.2, -0.15) is 0 Å². The molecule has 0 saturated carbocycles. The molecule has 0 aliphatic rings. The highest BCUT2D eigenvalue weighted by Crippen LogP contribution is 2.24. The van der Waals surface area contributed by atoms with Gasteiger partial charge in [0.1, 0.15) is 0 Å². The van der Waals surface area contributed by atoms with Crippen molar-refractivity contribution in [1.82, 2.24) is 5.32 Å². The zero-order valence-electron chi connectivity index (χ0n) is 13.1. The van der Waals surface area contributed by atoms with Crippen LogP contribution >= 0.6 is 11.6 Å². The van der Waals surface area contributed by atoms with Crippen LogP contribution in [-0.2, 0) is 9.59 Å². The van der Waals surface area contributed by atoms with E-state index < -0.39 is 0 Å². The molecule has 2 amide bonds. The van der Waals surface area contributed by atoms with Gasteiger partial charge in [0.2, 0.25) is 11.8 Å². The summed E-state index contributed by atoms with van der Waals surface area (Å²) < 4.78 is 0. The first kappa shape index (κ1) is 17.0. The Bertz CT molecular complexity index is 701. The summed E-state index contributed by atoms with van der Waals surface area (Å²) in [7, 11) is 0. The lowest BCUT2D eigenvalue weighted by Crippen LogP contribution is -2.29. The van der Waals surface area contributed by atoms with Gasteiger partial charge in [-0.1, -0.05) is 48.0 Å². The second-order valence-electron chi connectivity index (χ2n) is 5.33. The predicted molar refractivity (Wildman–Crippen MR) is 92.4 cm³/mol. The summed E-state index contributed by atoms with van der Waals surface area (Å²) in [5.41, 5.74) is 2.39. The van der Waals surface area contributed by atoms with Gasteiger partial charge in [-0.3, -0.25) is 9.59 Å². The highest BCUT2D eigenvalue weighted by atomic mass is 35.5. The molecular formula is C18H19ClN2O2. The first-order valence-corrected chi connectivity index (χ1v) is 7.72. The molecule has 2 aromatic carbocycles. The van der Waals surface area contributed by atoms with Crippen molar-refractivity contribution in [3.05, 3.63) is 64.7 Å². The minimum atomic E-state index is -0.367. The van der Waals surface area contributed by atoms with E-state index in [1.807, 2.05) is 37.3 Å². The summed E-state index contributed by atoms with van der Waals surface area (Å²) in [4.78, 5) is 23.7. The maximum absolute atomic E-state index is 12.3. The number of carbonyl (C=O) groups is 2. The Morgan fingerprint density at radius 1 is 1.09 bits per heavy atom. The van der Waals surface area contributed by atoms with E-state index in [1.54, 1.807) is 18.2 Å². The van der Waals surface area contributed by atoms with Gasteiger partial charge < -0.3 is 10.6 Å². The van der Waals surface area contributed by atoms with E-state index in [1.165, 1.54) is 6.92 Å². The Balaban J connectivity index is 2.11. The van der Waals surface area contributed by atoms with Gasteiger partial charge in [0.25, 0.3) is 0 Å². The monoisotopic (exact) mass is 330 g/mol. The van der Waals surface area contributed by atoms with Gasteiger partial charge in [0.15, 0.2) is 0 Å². The van der Waals surface area contributed by atoms with Crippen LogP contribution in [0.5, 0.6) is 0 Å². The van der Waals surface area contributed by atoms with Crippen LogP contribution in [0.15, 0.2) is 48.5 Å². The van der Waals surface area contributed by atoms with Crippen molar-refractivity contribution >= 4 is 29.1 Å². The summed E-state index contributed by atoms with van der Waals surface area (Å²) in [6.45, 7) is 3.29. The number of amides is 2. The first-order chi connectivity index (χ1) is 11.0. The molecule has 4 nitrogen and oxygen atoms in total. The molecule has 1 atom stereocenters. The number of halogens is 1. The van der Waals surface area contributed by atoms with Crippen LogP contribution < -0.4 is 10.6 Å². The molecule has 2 aromatic rings. The first-order valence-electron chi connectivity index (χ1n) is 7.34. The van der Waals surface area contributed by atoms with Gasteiger partial charge in [-0.05, 0) is 30.2 Å². The minimum absolute atomic E-state index is 0.148. The van der Waals surface area contributed by atoms with E-state index in [4.69, 9.17) is 11.6 Å². The summed E-state index contributed by atoms with van der Waals surface area (Å²) in [5, 5.41) is 6.26. The molecule has 0 heterocycles. The van der Waals surface area contributed by atoms with E-state index in [0.717, 1.165) is 11.1 Å². The molecular weight excluding hydrogens is 312 g/mol. The molecule has 0 bridgehead atoms. The van der Waals surface area contributed by atoms with Gasteiger partial charge in [-0.15, -0.1) is 0 Å². The maximum Gasteiger partial charge on any atom is 0.226 e. The standard InChI is InChI=1S/C18H19ClN2O2/c1-12-15(19)9-6-10-16(12)21-18(23)11-17(20-13(2)22)14-7-4-3-5-8-14/h3-10,17H,11H2,1-2H3,(H,20,22)(H,21,23)/t17-/m0/s1. The average Bonchev–Trinajstić information content (AvgIpc) is 2.51. The Morgan fingerprint density at radius 3 is 2.43 bits per heavy atom. The lowest BCUT2D eigenvalue weighted by atomic mass is 10.0. The molecule has 5 heteroatoms. The zero-order valence-corrected chi connectivity index (χ0v) is 13.9. The lowest BCUT2D eigenvalue weighted by molar-refractivity contribution is -0.120. The van der Waals surface area contributed by atoms with E-state index >= 15 is 0 Å². The quantitative estimate of drug-likeness (QED) is 0.874. The van der Waals surface area contributed by atoms with E-state index in [-0.39, 0.29) is 24.3 Å². The van der Waals surface area contributed by atoms with Gasteiger partial charge in [0.05, 0.1) is 12.5 Å². The van der Waals surface area contributed by atoms with Gasteiger partial charge >= 0.3 is 0 Å². The molecule has 120 valence electrons. The molecule has 0 aliphatic heterocycles. The Kier molecular flexibility index (Phi) is 5.77. The third-order valence-corrected chi connectivity index (χ3v) is 3.92. The van der Waals surface area contributed by atoms with Crippen molar-refractivity contribution in [2.45, 2.75) is 26.3 Å². The average molecular weight is 331 g/mol. The number of benzene rings is 2. The second kappa shape index (κ2) is 7.79. The number of hydrogen-bond acceptors (Lipinski definition) is 2. The molecule has 23 heavy (non-hydrogen) atoms. The van der Waals surface area contributed by atoms with Crippen LogP contribution in [0.4, 0.5) is 5.69 Å². The molecule has 0 spiro atoms. The molecule has 0 aliphatic carbocycles. The Labute approximate surface area is 140 Å². The molecule has 0 unspecified atom stereocenters. The summed E-state index contributed by atoms with van der Waals surface area (Å²) in [6, 6.07) is 14.4. The fourth-order valence-corrected chi connectivity index (χ4v) is 2.49. The SMILES string of the molecule is CC(=O)N[C@@H](CC(=O)Nc1cccc(Cl)c1C)c1ccccc1. The second-order valence-corrected chi connectivity index (χ2v) is 5.74. The van der Waals surface area contributed by atoms with Crippen molar-refractivity contribution < 1.29 is 9.59 Å². The van der Waals surface area contributed by atoms with E-state index in [9.17, 15) is 9.59 Å². The van der Waals surface area contributed by atoms with Crippen LogP contribution in [0.3, 0.4) is 0 Å². The van der Waals surface area contributed by atoms with Crippen LogP contribution in [0.1, 0.15) is 30.5 Å². The smallest absolute Gasteiger partial charge is 0.226 e.